The molecule has 1 saturated carbocycles. The molecule has 0 bridgehead atoms. The minimum absolute atomic E-state index is 0.118. The number of ether oxygens (including phenoxy) is 1. The van der Waals surface area contributed by atoms with Gasteiger partial charge in [0, 0.05) is 13.0 Å². The molecule has 0 aromatic carbocycles. The number of rotatable bonds is 3. The predicted molar refractivity (Wildman–Crippen MR) is 40.9 cm³/mol. The Morgan fingerprint density at radius 2 is 2.00 bits per heavy atom. The minimum atomic E-state index is -4.60. The Morgan fingerprint density at radius 1 is 1.43 bits per heavy atom. The fourth-order valence-corrected chi connectivity index (χ4v) is 1.29. The highest BCUT2D eigenvalue weighted by Gasteiger charge is 2.42. The molecule has 0 aromatic heterocycles. The largest absolute Gasteiger partial charge is 0.522 e. The van der Waals surface area contributed by atoms with Crippen LogP contribution in [0.1, 0.15) is 12.8 Å². The van der Waals surface area contributed by atoms with Gasteiger partial charge in [0.1, 0.15) is 0 Å². The molecule has 0 radical (unpaired) electrons. The van der Waals surface area contributed by atoms with Crippen LogP contribution >= 0.6 is 0 Å². The van der Waals surface area contributed by atoms with Gasteiger partial charge in [0.25, 0.3) is 0 Å². The van der Waals surface area contributed by atoms with E-state index in [9.17, 15) is 18.0 Å². The standard InChI is InChI=1S/C7H11F3N2O2/c1-11-12-6(13)4-2-5(3-4)14-7(8,9)10/h4-5,11H,2-3H2,1H3,(H,12,13). The molecular weight excluding hydrogens is 201 g/mol. The van der Waals surface area contributed by atoms with Gasteiger partial charge in [-0.3, -0.25) is 15.0 Å². The summed E-state index contributed by atoms with van der Waals surface area (Å²) in [6, 6.07) is 0. The Balaban J connectivity index is 2.20. The van der Waals surface area contributed by atoms with Crippen molar-refractivity contribution >= 4 is 5.91 Å². The molecule has 0 aliphatic heterocycles. The van der Waals surface area contributed by atoms with E-state index >= 15 is 0 Å². The molecule has 0 spiro atoms. The van der Waals surface area contributed by atoms with Crippen molar-refractivity contribution in [2.24, 2.45) is 5.92 Å². The molecular formula is C7H11F3N2O2. The number of hydrogen-bond donors (Lipinski definition) is 2. The Labute approximate surface area is 78.8 Å². The first-order chi connectivity index (χ1) is 6.42. The highest BCUT2D eigenvalue weighted by Crippen LogP contribution is 2.34. The summed E-state index contributed by atoms with van der Waals surface area (Å²) in [5.41, 5.74) is 4.72. The van der Waals surface area contributed by atoms with Crippen LogP contribution in [0.25, 0.3) is 0 Å². The van der Waals surface area contributed by atoms with Gasteiger partial charge in [0.2, 0.25) is 5.91 Å². The summed E-state index contributed by atoms with van der Waals surface area (Å²) in [4.78, 5) is 11.0. The molecule has 2 N–H and O–H groups in total. The summed E-state index contributed by atoms with van der Waals surface area (Å²) < 4.78 is 38.7. The van der Waals surface area contributed by atoms with E-state index in [1.165, 1.54) is 7.05 Å². The van der Waals surface area contributed by atoms with Crippen LogP contribution in [0.15, 0.2) is 0 Å². The number of nitrogens with one attached hydrogen (secondary N) is 2. The molecule has 1 rings (SSSR count). The van der Waals surface area contributed by atoms with Crippen molar-refractivity contribution < 1.29 is 22.7 Å². The van der Waals surface area contributed by atoms with Crippen LogP contribution in [0, 0.1) is 5.92 Å². The molecule has 1 aliphatic rings. The van der Waals surface area contributed by atoms with E-state index in [-0.39, 0.29) is 24.7 Å². The molecule has 0 heterocycles. The summed E-state index contributed by atoms with van der Waals surface area (Å²) in [6.07, 6.45) is -5.24. The second-order valence-electron chi connectivity index (χ2n) is 3.09. The van der Waals surface area contributed by atoms with E-state index in [1.807, 2.05) is 0 Å². The van der Waals surface area contributed by atoms with E-state index in [1.54, 1.807) is 0 Å². The number of alkyl halides is 3. The Kier molecular flexibility index (Phi) is 3.33. The molecule has 0 unspecified atom stereocenters. The van der Waals surface area contributed by atoms with Gasteiger partial charge >= 0.3 is 6.36 Å². The molecule has 14 heavy (non-hydrogen) atoms. The molecule has 1 aliphatic carbocycles. The third-order valence-electron chi connectivity index (χ3n) is 2.01. The van der Waals surface area contributed by atoms with Crippen LogP contribution in [-0.2, 0) is 9.53 Å². The van der Waals surface area contributed by atoms with E-state index in [4.69, 9.17) is 0 Å². The molecule has 1 amide bonds. The number of carbonyl (C=O) groups is 1. The van der Waals surface area contributed by atoms with Gasteiger partial charge in [-0.1, -0.05) is 0 Å². The quantitative estimate of drug-likeness (QED) is 0.672. The van der Waals surface area contributed by atoms with Crippen molar-refractivity contribution in [1.82, 2.24) is 10.9 Å². The summed E-state index contributed by atoms with van der Waals surface area (Å²) in [5.74, 6) is -0.677. The van der Waals surface area contributed by atoms with E-state index < -0.39 is 12.5 Å². The number of carbonyl (C=O) groups excluding carboxylic acids is 1. The summed E-state index contributed by atoms with van der Waals surface area (Å²) >= 11 is 0. The fourth-order valence-electron chi connectivity index (χ4n) is 1.29. The fraction of sp³-hybridized carbons (Fsp3) is 0.857. The van der Waals surface area contributed by atoms with Crippen molar-refractivity contribution in [3.8, 4) is 0 Å². The van der Waals surface area contributed by atoms with Crippen LogP contribution in [-0.4, -0.2) is 25.4 Å². The maximum absolute atomic E-state index is 11.7. The lowest BCUT2D eigenvalue weighted by atomic mass is 9.82. The molecule has 82 valence electrons. The lowest BCUT2D eigenvalue weighted by Gasteiger charge is -2.33. The van der Waals surface area contributed by atoms with Crippen molar-refractivity contribution in [2.45, 2.75) is 25.3 Å². The van der Waals surface area contributed by atoms with Gasteiger partial charge in [0.05, 0.1) is 6.10 Å². The normalized spacial score (nSPS) is 26.9. The molecule has 7 heteroatoms. The second-order valence-corrected chi connectivity index (χ2v) is 3.09. The van der Waals surface area contributed by atoms with Gasteiger partial charge in [-0.15, -0.1) is 13.2 Å². The Hall–Kier alpha value is -0.820. The summed E-state index contributed by atoms with van der Waals surface area (Å²) in [6.45, 7) is 0. The lowest BCUT2D eigenvalue weighted by molar-refractivity contribution is -0.353. The molecule has 4 nitrogen and oxygen atoms in total. The second kappa shape index (κ2) is 4.14. The monoisotopic (exact) mass is 212 g/mol. The van der Waals surface area contributed by atoms with Gasteiger partial charge in [0.15, 0.2) is 0 Å². The predicted octanol–water partition coefficient (Wildman–Crippen LogP) is 0.552. The lowest BCUT2D eigenvalue weighted by Crippen LogP contribution is -2.47. The number of halogens is 3. The van der Waals surface area contributed by atoms with E-state index in [0.29, 0.717) is 0 Å². The number of hydrazine groups is 1. The van der Waals surface area contributed by atoms with Crippen LogP contribution in [0.5, 0.6) is 0 Å². The van der Waals surface area contributed by atoms with E-state index in [2.05, 4.69) is 15.6 Å². The van der Waals surface area contributed by atoms with Crippen molar-refractivity contribution in [1.29, 1.82) is 0 Å². The SMILES string of the molecule is CNNC(=O)C1CC(OC(F)(F)F)C1. The Morgan fingerprint density at radius 3 is 2.43 bits per heavy atom. The average Bonchev–Trinajstić information content (AvgIpc) is 1.94. The van der Waals surface area contributed by atoms with Crippen LogP contribution in [0.4, 0.5) is 13.2 Å². The topological polar surface area (TPSA) is 50.4 Å². The average molecular weight is 212 g/mol. The minimum Gasteiger partial charge on any atom is -0.292 e. The third kappa shape index (κ3) is 3.15. The Bertz CT molecular complexity index is 213. The van der Waals surface area contributed by atoms with Crippen LogP contribution < -0.4 is 10.9 Å². The smallest absolute Gasteiger partial charge is 0.292 e. The van der Waals surface area contributed by atoms with Crippen LogP contribution in [0.3, 0.4) is 0 Å². The van der Waals surface area contributed by atoms with Crippen molar-refractivity contribution in [3.63, 3.8) is 0 Å². The van der Waals surface area contributed by atoms with Crippen LogP contribution in [0.2, 0.25) is 0 Å². The molecule has 0 atom stereocenters. The highest BCUT2D eigenvalue weighted by atomic mass is 19.4. The van der Waals surface area contributed by atoms with Gasteiger partial charge in [-0.05, 0) is 12.8 Å². The first-order valence-electron chi connectivity index (χ1n) is 4.13. The van der Waals surface area contributed by atoms with E-state index in [0.717, 1.165) is 0 Å². The zero-order valence-corrected chi connectivity index (χ0v) is 7.52. The zero-order valence-electron chi connectivity index (χ0n) is 7.52. The van der Waals surface area contributed by atoms with Gasteiger partial charge in [-0.2, -0.15) is 0 Å². The molecule has 1 fully saturated rings. The number of amides is 1. The molecule has 0 saturated heterocycles. The maximum Gasteiger partial charge on any atom is 0.522 e. The highest BCUT2D eigenvalue weighted by molar-refractivity contribution is 5.79. The van der Waals surface area contributed by atoms with Crippen molar-refractivity contribution in [2.75, 3.05) is 7.05 Å². The summed E-state index contributed by atoms with van der Waals surface area (Å²) in [7, 11) is 1.51. The molecule has 0 aromatic rings. The third-order valence-corrected chi connectivity index (χ3v) is 2.01. The first kappa shape index (κ1) is 11.3. The van der Waals surface area contributed by atoms with Crippen molar-refractivity contribution in [3.05, 3.63) is 0 Å². The first-order valence-corrected chi connectivity index (χ1v) is 4.13. The van der Waals surface area contributed by atoms with Gasteiger partial charge < -0.3 is 0 Å². The number of hydrogen-bond acceptors (Lipinski definition) is 3. The van der Waals surface area contributed by atoms with Gasteiger partial charge in [-0.25, -0.2) is 5.43 Å². The summed E-state index contributed by atoms with van der Waals surface area (Å²) in [5, 5.41) is 0. The maximum atomic E-state index is 11.7. The zero-order chi connectivity index (χ0) is 10.8.